The maximum absolute atomic E-state index is 12.1. The van der Waals surface area contributed by atoms with Crippen molar-refractivity contribution in [3.8, 4) is 6.57 Å². The van der Waals surface area contributed by atoms with Crippen LogP contribution in [0.3, 0.4) is 0 Å². The predicted octanol–water partition coefficient (Wildman–Crippen LogP) is 1.77. The van der Waals surface area contributed by atoms with Crippen molar-refractivity contribution in [3.05, 3.63) is 71.8 Å². The minimum Gasteiger partial charge on any atom is -0.870 e. The Labute approximate surface area is 283 Å². The zero-order valence-corrected chi connectivity index (χ0v) is 28.2. The van der Waals surface area contributed by atoms with E-state index in [2.05, 4.69) is 13.5 Å². The second kappa shape index (κ2) is 16.6. The number of hydrogen-bond donors (Lipinski definition) is 2. The molecule has 2 aliphatic heterocycles. The molecular weight excluding hydrogens is 571 g/mol. The number of hydrogen-bond acceptors (Lipinski definition) is 8. The van der Waals surface area contributed by atoms with Crippen LogP contribution in [0.2, 0.25) is 0 Å². The monoisotopic (exact) mass is 616 g/mol. The van der Waals surface area contributed by atoms with Crippen LogP contribution in [0.15, 0.2) is 60.7 Å². The van der Waals surface area contributed by atoms with Crippen molar-refractivity contribution in [2.45, 2.75) is 63.9 Å². The molecule has 0 bridgehead atoms. The van der Waals surface area contributed by atoms with E-state index in [0.29, 0.717) is 50.0 Å². The van der Waals surface area contributed by atoms with Crippen LogP contribution in [0.1, 0.15) is 50.7 Å². The van der Waals surface area contributed by atoms with Crippen LogP contribution in [0, 0.1) is 35.5 Å². The number of amides is 2. The number of aliphatic hydroxyl groups is 1. The Bertz CT molecular complexity index is 1090. The van der Waals surface area contributed by atoms with Crippen LogP contribution in [0.5, 0.6) is 0 Å². The SMILES string of the molecule is C#N.CC1(N)CC2CN(C(=O)OCc3ccccc3)CC2C1.CC1(O)CC2CN(C(=O)OCc3ccccc3)CC2C1.[Na+].[OH-]. The molecule has 0 radical (unpaired) electrons. The third-order valence-corrected chi connectivity index (χ3v) is 8.94. The van der Waals surface area contributed by atoms with Gasteiger partial charge in [0.05, 0.1) is 5.60 Å². The van der Waals surface area contributed by atoms with Gasteiger partial charge in [-0.25, -0.2) is 14.9 Å². The Morgan fingerprint density at radius 3 is 1.43 bits per heavy atom. The van der Waals surface area contributed by atoms with E-state index in [-0.39, 0.29) is 52.8 Å². The van der Waals surface area contributed by atoms with E-state index >= 15 is 0 Å². The molecule has 2 aromatic carbocycles. The molecule has 4 unspecified atom stereocenters. The topological polar surface area (TPSA) is 159 Å². The van der Waals surface area contributed by atoms with Crippen molar-refractivity contribution in [3.63, 3.8) is 0 Å². The maximum atomic E-state index is 12.1. The second-order valence-corrected chi connectivity index (χ2v) is 12.9. The fourth-order valence-electron chi connectivity index (χ4n) is 7.22. The van der Waals surface area contributed by atoms with Gasteiger partial charge in [-0.2, -0.15) is 0 Å². The quantitative estimate of drug-likeness (QED) is 0.492. The molecule has 4 N–H and O–H groups in total. The van der Waals surface area contributed by atoms with Gasteiger partial charge < -0.3 is 35.6 Å². The minimum atomic E-state index is -0.546. The molecule has 10 nitrogen and oxygen atoms in total. The summed E-state index contributed by atoms with van der Waals surface area (Å²) in [5.74, 6) is 1.95. The Hall–Kier alpha value is -2.65. The molecule has 234 valence electrons. The van der Waals surface area contributed by atoms with Crippen LogP contribution >= 0.6 is 0 Å². The Kier molecular flexibility index (Phi) is 14.2. The standard InChI is InChI=1S/C16H22N2O2.C16H21NO3.CHN.Na.H2O/c1-16(17)7-13-9-18(10-14(13)8-16)15(19)20-11-12-5-3-2-4-6-12;1-16(19)7-13-9-17(10-14(13)8-16)15(18)20-11-12-5-3-2-4-6-12;1-2;;/h2-6,13-14H,7-11,17H2,1H3;2-6,13-14,19H,7-11H2,1H3;1H;;1H2/q;;;+1;/p-1. The van der Waals surface area contributed by atoms with Crippen molar-refractivity contribution in [1.29, 1.82) is 5.26 Å². The number of ether oxygens (including phenoxy) is 2. The molecule has 2 saturated carbocycles. The number of carbonyl (C=O) groups excluding carboxylic acids is 2. The molecule has 6 rings (SSSR count). The van der Waals surface area contributed by atoms with Crippen LogP contribution in [-0.4, -0.2) is 69.9 Å². The molecule has 44 heavy (non-hydrogen) atoms. The summed E-state index contributed by atoms with van der Waals surface area (Å²) in [5, 5.41) is 16.5. The van der Waals surface area contributed by atoms with E-state index in [0.717, 1.165) is 49.9 Å². The molecule has 2 aromatic rings. The number of carbonyl (C=O) groups is 2. The summed E-state index contributed by atoms with van der Waals surface area (Å²) >= 11 is 0. The van der Waals surface area contributed by atoms with Gasteiger partial charge in [-0.05, 0) is 74.3 Å². The van der Waals surface area contributed by atoms with E-state index in [4.69, 9.17) is 20.5 Å². The largest absolute Gasteiger partial charge is 1.00 e. The van der Waals surface area contributed by atoms with Crippen molar-refractivity contribution in [1.82, 2.24) is 9.80 Å². The summed E-state index contributed by atoms with van der Waals surface area (Å²) in [4.78, 5) is 27.8. The van der Waals surface area contributed by atoms with Crippen LogP contribution in [-0.2, 0) is 22.7 Å². The van der Waals surface area contributed by atoms with Gasteiger partial charge in [-0.3, -0.25) is 0 Å². The number of rotatable bonds is 4. The molecular formula is C33H45N4NaO6. The minimum absolute atomic E-state index is 0. The normalized spacial score (nSPS) is 29.3. The summed E-state index contributed by atoms with van der Waals surface area (Å²) < 4.78 is 10.7. The van der Waals surface area contributed by atoms with Gasteiger partial charge in [0.1, 0.15) is 13.2 Å². The number of nitriles is 1. The first kappa shape index (κ1) is 37.5. The average molecular weight is 617 g/mol. The van der Waals surface area contributed by atoms with Gasteiger partial charge in [0.15, 0.2) is 0 Å². The van der Waals surface area contributed by atoms with Crippen LogP contribution in [0.4, 0.5) is 9.59 Å². The summed E-state index contributed by atoms with van der Waals surface area (Å²) in [5.41, 5.74) is 7.62. The molecule has 4 atom stereocenters. The van der Waals surface area contributed by atoms with Crippen LogP contribution in [0.25, 0.3) is 0 Å². The fraction of sp³-hybridized carbons (Fsp3) is 0.545. The zero-order chi connectivity index (χ0) is 30.3. The summed E-state index contributed by atoms with van der Waals surface area (Å²) in [6.07, 6.45) is 3.19. The van der Waals surface area contributed by atoms with Gasteiger partial charge in [0.2, 0.25) is 0 Å². The third kappa shape index (κ3) is 10.2. The fourth-order valence-corrected chi connectivity index (χ4v) is 7.22. The molecule has 4 aliphatic rings. The maximum Gasteiger partial charge on any atom is 1.00 e. The number of benzene rings is 2. The first-order valence-electron chi connectivity index (χ1n) is 14.8. The smallest absolute Gasteiger partial charge is 0.870 e. The van der Waals surface area contributed by atoms with Gasteiger partial charge in [0, 0.05) is 38.3 Å². The number of likely N-dealkylation sites (tertiary alicyclic amines) is 2. The molecule has 0 spiro atoms. The van der Waals surface area contributed by atoms with Crippen LogP contribution < -0.4 is 35.3 Å². The molecule has 2 aliphatic carbocycles. The van der Waals surface area contributed by atoms with E-state index in [1.165, 1.54) is 0 Å². The Balaban J connectivity index is 0.000000279. The molecule has 2 saturated heterocycles. The predicted molar refractivity (Wildman–Crippen MR) is 161 cm³/mol. The summed E-state index contributed by atoms with van der Waals surface area (Å²) in [6, 6.07) is 19.5. The molecule has 2 amide bonds. The van der Waals surface area contributed by atoms with E-state index in [1.807, 2.05) is 72.5 Å². The van der Waals surface area contributed by atoms with Gasteiger partial charge >= 0.3 is 41.7 Å². The average Bonchev–Trinajstić information content (AvgIpc) is 3.69. The molecule has 11 heteroatoms. The van der Waals surface area contributed by atoms with E-state index < -0.39 is 5.60 Å². The van der Waals surface area contributed by atoms with Crippen molar-refractivity contribution >= 4 is 12.2 Å². The third-order valence-electron chi connectivity index (χ3n) is 8.94. The van der Waals surface area contributed by atoms with E-state index in [1.54, 1.807) is 4.90 Å². The van der Waals surface area contributed by atoms with Crippen molar-refractivity contribution in [2.75, 3.05) is 26.2 Å². The van der Waals surface area contributed by atoms with Crippen molar-refractivity contribution < 1.29 is 59.2 Å². The van der Waals surface area contributed by atoms with Gasteiger partial charge in [-0.15, -0.1) is 0 Å². The first-order chi connectivity index (χ1) is 20.1. The Morgan fingerprint density at radius 2 is 1.09 bits per heavy atom. The number of nitrogens with zero attached hydrogens (tertiary/aromatic N) is 3. The molecule has 2 heterocycles. The first-order valence-corrected chi connectivity index (χ1v) is 14.8. The van der Waals surface area contributed by atoms with E-state index in [9.17, 15) is 14.7 Å². The molecule has 4 fully saturated rings. The van der Waals surface area contributed by atoms with Crippen molar-refractivity contribution in [2.24, 2.45) is 29.4 Å². The summed E-state index contributed by atoms with van der Waals surface area (Å²) in [6.45, 7) is 11.2. The second-order valence-electron chi connectivity index (χ2n) is 12.9. The Morgan fingerprint density at radius 1 is 0.773 bits per heavy atom. The van der Waals surface area contributed by atoms with Gasteiger partial charge in [-0.1, -0.05) is 60.7 Å². The molecule has 0 aromatic heterocycles. The zero-order valence-electron chi connectivity index (χ0n) is 26.2. The number of fused-ring (bicyclic) bond motifs is 2. The number of nitrogens with two attached hydrogens (primary N) is 1. The van der Waals surface area contributed by atoms with Gasteiger partial charge in [0.25, 0.3) is 0 Å². The summed E-state index contributed by atoms with van der Waals surface area (Å²) in [7, 11) is 0.